The standard InChI is InChI=1S/C14H23NO2/c1-16-10-4-2-3-6-13-7-5-8-14(12-13)17-11-9-15/h5,7-8,12H,2-4,6,9-11,15H2,1H3. The van der Waals surface area contributed by atoms with Gasteiger partial charge in [-0.15, -0.1) is 0 Å². The number of aryl methyl sites for hydroxylation is 1. The van der Waals surface area contributed by atoms with Gasteiger partial charge in [0.15, 0.2) is 0 Å². The van der Waals surface area contributed by atoms with Crippen LogP contribution in [0.1, 0.15) is 24.8 Å². The van der Waals surface area contributed by atoms with Crippen LogP contribution in [0.3, 0.4) is 0 Å². The molecule has 17 heavy (non-hydrogen) atoms. The SMILES string of the molecule is COCCCCCc1cccc(OCCN)c1. The van der Waals surface area contributed by atoms with Gasteiger partial charge in [-0.05, 0) is 37.0 Å². The van der Waals surface area contributed by atoms with E-state index in [-0.39, 0.29) is 0 Å². The highest BCUT2D eigenvalue weighted by Crippen LogP contribution is 2.15. The zero-order valence-corrected chi connectivity index (χ0v) is 10.7. The molecular formula is C14H23NO2. The van der Waals surface area contributed by atoms with Gasteiger partial charge in [-0.1, -0.05) is 18.6 Å². The highest BCUT2D eigenvalue weighted by atomic mass is 16.5. The van der Waals surface area contributed by atoms with Crippen LogP contribution in [-0.4, -0.2) is 26.9 Å². The summed E-state index contributed by atoms with van der Waals surface area (Å²) in [5.41, 5.74) is 6.73. The van der Waals surface area contributed by atoms with Gasteiger partial charge in [0.2, 0.25) is 0 Å². The van der Waals surface area contributed by atoms with Gasteiger partial charge in [0.1, 0.15) is 12.4 Å². The second kappa shape index (κ2) is 9.02. The summed E-state index contributed by atoms with van der Waals surface area (Å²) in [5.74, 6) is 0.921. The molecule has 0 unspecified atom stereocenters. The molecule has 0 saturated heterocycles. The van der Waals surface area contributed by atoms with Crippen LogP contribution in [0.25, 0.3) is 0 Å². The molecule has 0 aliphatic carbocycles. The van der Waals surface area contributed by atoms with Gasteiger partial charge in [-0.3, -0.25) is 0 Å². The molecule has 0 fully saturated rings. The van der Waals surface area contributed by atoms with Crippen molar-refractivity contribution in [3.8, 4) is 5.75 Å². The lowest BCUT2D eigenvalue weighted by molar-refractivity contribution is 0.192. The van der Waals surface area contributed by atoms with Crippen molar-refractivity contribution in [2.45, 2.75) is 25.7 Å². The summed E-state index contributed by atoms with van der Waals surface area (Å²) in [6, 6.07) is 8.26. The predicted octanol–water partition coefficient (Wildman–Crippen LogP) is 2.38. The lowest BCUT2D eigenvalue weighted by Crippen LogP contribution is -2.10. The average Bonchev–Trinajstić information content (AvgIpc) is 2.37. The Bertz CT molecular complexity index is 302. The maximum Gasteiger partial charge on any atom is 0.119 e. The van der Waals surface area contributed by atoms with E-state index >= 15 is 0 Å². The van der Waals surface area contributed by atoms with E-state index in [1.807, 2.05) is 12.1 Å². The molecule has 0 spiro atoms. The van der Waals surface area contributed by atoms with Crippen LogP contribution in [0.15, 0.2) is 24.3 Å². The maximum absolute atomic E-state index is 5.50. The van der Waals surface area contributed by atoms with Crippen molar-refractivity contribution in [2.75, 3.05) is 26.9 Å². The van der Waals surface area contributed by atoms with Crippen LogP contribution in [0.5, 0.6) is 5.75 Å². The Balaban J connectivity index is 2.27. The minimum Gasteiger partial charge on any atom is -0.492 e. The lowest BCUT2D eigenvalue weighted by atomic mass is 10.1. The van der Waals surface area contributed by atoms with Crippen LogP contribution in [0, 0.1) is 0 Å². The first-order chi connectivity index (χ1) is 8.36. The first-order valence-corrected chi connectivity index (χ1v) is 6.27. The number of hydrogen-bond donors (Lipinski definition) is 1. The Labute approximate surface area is 104 Å². The number of ether oxygens (including phenoxy) is 2. The predicted molar refractivity (Wildman–Crippen MR) is 70.4 cm³/mol. The second-order valence-corrected chi connectivity index (χ2v) is 4.09. The van der Waals surface area contributed by atoms with Crippen LogP contribution in [0.4, 0.5) is 0 Å². The Kier molecular flexibility index (Phi) is 7.43. The van der Waals surface area contributed by atoms with E-state index in [4.69, 9.17) is 15.2 Å². The summed E-state index contributed by atoms with van der Waals surface area (Å²) in [7, 11) is 1.75. The molecular weight excluding hydrogens is 214 g/mol. The van der Waals surface area contributed by atoms with Gasteiger partial charge in [0.25, 0.3) is 0 Å². The molecule has 3 heteroatoms. The zero-order chi connectivity index (χ0) is 12.3. The van der Waals surface area contributed by atoms with Gasteiger partial charge in [-0.25, -0.2) is 0 Å². The molecule has 1 aromatic rings. The third kappa shape index (κ3) is 6.29. The average molecular weight is 237 g/mol. The fraction of sp³-hybridized carbons (Fsp3) is 0.571. The van der Waals surface area contributed by atoms with E-state index in [1.54, 1.807) is 7.11 Å². The van der Waals surface area contributed by atoms with Crippen LogP contribution >= 0.6 is 0 Å². The van der Waals surface area contributed by atoms with Crippen LogP contribution in [0.2, 0.25) is 0 Å². The van der Waals surface area contributed by atoms with Crippen molar-refractivity contribution in [1.82, 2.24) is 0 Å². The van der Waals surface area contributed by atoms with Gasteiger partial charge in [0.05, 0.1) is 0 Å². The molecule has 0 aliphatic heterocycles. The summed E-state index contributed by atoms with van der Waals surface area (Å²) >= 11 is 0. The molecule has 0 radical (unpaired) electrons. The molecule has 0 saturated carbocycles. The van der Waals surface area contributed by atoms with E-state index in [0.717, 1.165) is 25.2 Å². The Morgan fingerprint density at radius 2 is 2.00 bits per heavy atom. The van der Waals surface area contributed by atoms with E-state index in [2.05, 4.69) is 12.1 Å². The van der Waals surface area contributed by atoms with Crippen molar-refractivity contribution in [3.05, 3.63) is 29.8 Å². The van der Waals surface area contributed by atoms with Gasteiger partial charge >= 0.3 is 0 Å². The molecule has 0 aliphatic rings. The third-order valence-corrected chi connectivity index (χ3v) is 2.60. The number of hydrogen-bond acceptors (Lipinski definition) is 3. The smallest absolute Gasteiger partial charge is 0.119 e. The fourth-order valence-electron chi connectivity index (χ4n) is 1.72. The summed E-state index contributed by atoms with van der Waals surface area (Å²) in [4.78, 5) is 0. The minimum absolute atomic E-state index is 0.557. The van der Waals surface area contributed by atoms with Crippen LogP contribution in [-0.2, 0) is 11.2 Å². The first kappa shape index (κ1) is 14.0. The lowest BCUT2D eigenvalue weighted by Gasteiger charge is -2.07. The Morgan fingerprint density at radius 1 is 1.12 bits per heavy atom. The Hall–Kier alpha value is -1.06. The highest BCUT2D eigenvalue weighted by molar-refractivity contribution is 5.28. The summed E-state index contributed by atoms with van der Waals surface area (Å²) in [6.07, 6.45) is 4.65. The second-order valence-electron chi connectivity index (χ2n) is 4.09. The van der Waals surface area contributed by atoms with Crippen molar-refractivity contribution in [3.63, 3.8) is 0 Å². The maximum atomic E-state index is 5.50. The molecule has 1 aromatic carbocycles. The Morgan fingerprint density at radius 3 is 2.76 bits per heavy atom. The largest absolute Gasteiger partial charge is 0.492 e. The number of rotatable bonds is 9. The molecule has 0 aromatic heterocycles. The quantitative estimate of drug-likeness (QED) is 0.671. The summed E-state index contributed by atoms with van der Waals surface area (Å²) in [6.45, 7) is 2.00. The molecule has 3 nitrogen and oxygen atoms in total. The molecule has 0 bridgehead atoms. The van der Waals surface area contributed by atoms with Crippen molar-refractivity contribution in [1.29, 1.82) is 0 Å². The fourth-order valence-corrected chi connectivity index (χ4v) is 1.72. The number of unbranched alkanes of at least 4 members (excludes halogenated alkanes) is 2. The minimum atomic E-state index is 0.557. The van der Waals surface area contributed by atoms with E-state index in [1.165, 1.54) is 18.4 Å². The van der Waals surface area contributed by atoms with Crippen molar-refractivity contribution >= 4 is 0 Å². The molecule has 1 rings (SSSR count). The number of benzene rings is 1. The first-order valence-electron chi connectivity index (χ1n) is 6.27. The normalized spacial score (nSPS) is 10.5. The van der Waals surface area contributed by atoms with Gasteiger partial charge in [-0.2, -0.15) is 0 Å². The molecule has 2 N–H and O–H groups in total. The van der Waals surface area contributed by atoms with E-state index in [0.29, 0.717) is 13.2 Å². The van der Waals surface area contributed by atoms with Crippen molar-refractivity contribution in [2.24, 2.45) is 5.73 Å². The summed E-state index contributed by atoms with van der Waals surface area (Å²) < 4.78 is 10.5. The highest BCUT2D eigenvalue weighted by Gasteiger charge is 1.97. The topological polar surface area (TPSA) is 44.5 Å². The zero-order valence-electron chi connectivity index (χ0n) is 10.7. The third-order valence-electron chi connectivity index (χ3n) is 2.60. The monoisotopic (exact) mass is 237 g/mol. The molecule has 0 amide bonds. The van der Waals surface area contributed by atoms with E-state index < -0.39 is 0 Å². The molecule has 0 heterocycles. The molecule has 96 valence electrons. The molecule has 0 atom stereocenters. The van der Waals surface area contributed by atoms with E-state index in [9.17, 15) is 0 Å². The number of methoxy groups -OCH3 is 1. The van der Waals surface area contributed by atoms with Crippen LogP contribution < -0.4 is 10.5 Å². The van der Waals surface area contributed by atoms with Gasteiger partial charge < -0.3 is 15.2 Å². The van der Waals surface area contributed by atoms with Gasteiger partial charge in [0, 0.05) is 20.3 Å². The van der Waals surface area contributed by atoms with Crippen molar-refractivity contribution < 1.29 is 9.47 Å². The number of nitrogens with two attached hydrogens (primary N) is 1. The summed E-state index contributed by atoms with van der Waals surface area (Å²) in [5, 5.41) is 0.